The predicted octanol–water partition coefficient (Wildman–Crippen LogP) is 1.07. The van der Waals surface area contributed by atoms with Crippen molar-refractivity contribution in [2.75, 3.05) is 6.54 Å². The first-order valence-corrected chi connectivity index (χ1v) is 7.45. The molecule has 1 aliphatic carbocycles. The fraction of sp³-hybridized carbons (Fsp3) is 0.857. The van der Waals surface area contributed by atoms with Crippen molar-refractivity contribution in [3.05, 3.63) is 0 Å². The van der Waals surface area contributed by atoms with E-state index in [1.807, 2.05) is 6.92 Å². The molecule has 2 amide bonds. The minimum Gasteiger partial charge on any atom is -0.368 e. The Kier molecular flexibility index (Phi) is 7.48. The lowest BCUT2D eigenvalue weighted by atomic mass is 9.93. The first-order valence-electron chi connectivity index (χ1n) is 7.45. The number of amides is 2. The molecule has 1 rings (SSSR count). The van der Waals surface area contributed by atoms with Crippen LogP contribution in [0.1, 0.15) is 58.3 Å². The van der Waals surface area contributed by atoms with Gasteiger partial charge < -0.3 is 16.4 Å². The van der Waals surface area contributed by atoms with Gasteiger partial charge in [0.15, 0.2) is 0 Å². The second kappa shape index (κ2) is 8.91. The highest BCUT2D eigenvalue weighted by Gasteiger charge is 2.18. The maximum absolute atomic E-state index is 11.5. The Morgan fingerprint density at radius 3 is 2.58 bits per heavy atom. The average molecular weight is 269 g/mol. The third-order valence-electron chi connectivity index (χ3n) is 3.61. The smallest absolute Gasteiger partial charge is 0.239 e. The summed E-state index contributed by atoms with van der Waals surface area (Å²) in [5.74, 6) is -0.518. The van der Waals surface area contributed by atoms with Crippen molar-refractivity contribution >= 4 is 11.8 Å². The van der Waals surface area contributed by atoms with Gasteiger partial charge in [-0.05, 0) is 45.1 Å². The standard InChI is InChI=1S/C14H27N3O2/c1-2-6-13(18)17-12(14(15)19)9-3-4-10-16-11-7-5-8-11/h11-12,16H,2-10H2,1H3,(H2,15,19)(H,17,18). The van der Waals surface area contributed by atoms with Crippen molar-refractivity contribution in [1.82, 2.24) is 10.6 Å². The van der Waals surface area contributed by atoms with Crippen LogP contribution in [0.15, 0.2) is 0 Å². The average Bonchev–Trinajstić information content (AvgIpc) is 2.29. The van der Waals surface area contributed by atoms with Crippen LogP contribution in [0.3, 0.4) is 0 Å². The Morgan fingerprint density at radius 2 is 2.05 bits per heavy atom. The Labute approximate surface area is 115 Å². The van der Waals surface area contributed by atoms with Gasteiger partial charge in [0, 0.05) is 12.5 Å². The Bertz CT molecular complexity index is 290. The molecule has 0 aliphatic heterocycles. The van der Waals surface area contributed by atoms with Gasteiger partial charge in [-0.2, -0.15) is 0 Å². The third kappa shape index (κ3) is 6.57. The molecule has 0 radical (unpaired) electrons. The van der Waals surface area contributed by atoms with Gasteiger partial charge in [-0.15, -0.1) is 0 Å². The van der Waals surface area contributed by atoms with E-state index in [-0.39, 0.29) is 5.91 Å². The maximum Gasteiger partial charge on any atom is 0.239 e. The second-order valence-corrected chi connectivity index (χ2v) is 5.35. The van der Waals surface area contributed by atoms with Gasteiger partial charge in [0.1, 0.15) is 6.04 Å². The number of primary amides is 1. The van der Waals surface area contributed by atoms with Gasteiger partial charge in [-0.3, -0.25) is 9.59 Å². The number of hydrogen-bond donors (Lipinski definition) is 3. The molecular formula is C14H27N3O2. The van der Waals surface area contributed by atoms with Gasteiger partial charge in [-0.1, -0.05) is 13.3 Å². The van der Waals surface area contributed by atoms with Crippen LogP contribution >= 0.6 is 0 Å². The van der Waals surface area contributed by atoms with E-state index in [2.05, 4.69) is 10.6 Å². The molecule has 1 fully saturated rings. The van der Waals surface area contributed by atoms with E-state index in [0.717, 1.165) is 25.8 Å². The molecular weight excluding hydrogens is 242 g/mol. The molecule has 0 saturated heterocycles. The lowest BCUT2D eigenvalue weighted by molar-refractivity contribution is -0.127. The van der Waals surface area contributed by atoms with E-state index in [9.17, 15) is 9.59 Å². The third-order valence-corrected chi connectivity index (χ3v) is 3.61. The van der Waals surface area contributed by atoms with Crippen molar-refractivity contribution in [3.8, 4) is 0 Å². The number of carbonyl (C=O) groups is 2. The molecule has 0 aromatic heterocycles. The van der Waals surface area contributed by atoms with Crippen LogP contribution in [0.5, 0.6) is 0 Å². The quantitative estimate of drug-likeness (QED) is 0.519. The first kappa shape index (κ1) is 16.0. The zero-order chi connectivity index (χ0) is 14.1. The molecule has 0 bridgehead atoms. The minimum absolute atomic E-state index is 0.0844. The topological polar surface area (TPSA) is 84.2 Å². The molecule has 5 heteroatoms. The Balaban J connectivity index is 2.10. The monoisotopic (exact) mass is 269 g/mol. The van der Waals surface area contributed by atoms with Crippen molar-refractivity contribution in [2.24, 2.45) is 5.73 Å². The molecule has 5 nitrogen and oxygen atoms in total. The normalized spacial score (nSPS) is 16.7. The van der Waals surface area contributed by atoms with E-state index in [1.54, 1.807) is 0 Å². The zero-order valence-electron chi connectivity index (χ0n) is 11.9. The molecule has 1 unspecified atom stereocenters. The lowest BCUT2D eigenvalue weighted by Crippen LogP contribution is -2.44. The minimum atomic E-state index is -0.511. The summed E-state index contributed by atoms with van der Waals surface area (Å²) in [7, 11) is 0. The maximum atomic E-state index is 11.5. The van der Waals surface area contributed by atoms with Gasteiger partial charge in [-0.25, -0.2) is 0 Å². The summed E-state index contributed by atoms with van der Waals surface area (Å²) < 4.78 is 0. The number of nitrogens with two attached hydrogens (primary N) is 1. The molecule has 110 valence electrons. The van der Waals surface area contributed by atoms with Crippen LogP contribution in [0.2, 0.25) is 0 Å². The van der Waals surface area contributed by atoms with Crippen LogP contribution in [-0.2, 0) is 9.59 Å². The Hall–Kier alpha value is -1.10. The van der Waals surface area contributed by atoms with E-state index in [1.165, 1.54) is 19.3 Å². The van der Waals surface area contributed by atoms with Crippen molar-refractivity contribution in [3.63, 3.8) is 0 Å². The molecule has 0 heterocycles. The lowest BCUT2D eigenvalue weighted by Gasteiger charge is -2.26. The van der Waals surface area contributed by atoms with Crippen LogP contribution in [0, 0.1) is 0 Å². The summed E-state index contributed by atoms with van der Waals surface area (Å²) in [6.07, 6.45) is 7.70. The van der Waals surface area contributed by atoms with Crippen molar-refractivity contribution < 1.29 is 9.59 Å². The van der Waals surface area contributed by atoms with Crippen molar-refractivity contribution in [2.45, 2.75) is 70.4 Å². The summed E-state index contributed by atoms with van der Waals surface area (Å²) in [6.45, 7) is 2.92. The van der Waals surface area contributed by atoms with E-state index in [4.69, 9.17) is 5.73 Å². The molecule has 1 aliphatic rings. The largest absolute Gasteiger partial charge is 0.368 e. The number of unbranched alkanes of at least 4 members (excludes halogenated alkanes) is 1. The molecule has 0 spiro atoms. The summed E-state index contributed by atoms with van der Waals surface area (Å²) in [6, 6.07) is 0.193. The number of nitrogens with one attached hydrogen (secondary N) is 2. The van der Waals surface area contributed by atoms with Crippen LogP contribution in [-0.4, -0.2) is 30.4 Å². The number of hydrogen-bond acceptors (Lipinski definition) is 3. The van der Waals surface area contributed by atoms with E-state index < -0.39 is 11.9 Å². The van der Waals surface area contributed by atoms with Gasteiger partial charge in [0.2, 0.25) is 11.8 Å². The molecule has 4 N–H and O–H groups in total. The molecule has 1 atom stereocenters. The highest BCUT2D eigenvalue weighted by molar-refractivity contribution is 5.86. The summed E-state index contributed by atoms with van der Waals surface area (Å²) >= 11 is 0. The fourth-order valence-electron chi connectivity index (χ4n) is 2.17. The second-order valence-electron chi connectivity index (χ2n) is 5.35. The highest BCUT2D eigenvalue weighted by atomic mass is 16.2. The van der Waals surface area contributed by atoms with Gasteiger partial charge in [0.25, 0.3) is 0 Å². The summed E-state index contributed by atoms with van der Waals surface area (Å²) in [5, 5.41) is 6.19. The fourth-order valence-corrected chi connectivity index (χ4v) is 2.17. The van der Waals surface area contributed by atoms with Crippen LogP contribution in [0.25, 0.3) is 0 Å². The summed E-state index contributed by atoms with van der Waals surface area (Å²) in [5.41, 5.74) is 5.31. The van der Waals surface area contributed by atoms with Crippen molar-refractivity contribution in [1.29, 1.82) is 0 Å². The zero-order valence-corrected chi connectivity index (χ0v) is 11.9. The molecule has 19 heavy (non-hydrogen) atoms. The van der Waals surface area contributed by atoms with Crippen LogP contribution in [0.4, 0.5) is 0 Å². The highest BCUT2D eigenvalue weighted by Crippen LogP contribution is 2.17. The molecule has 0 aromatic rings. The Morgan fingerprint density at radius 1 is 1.32 bits per heavy atom. The van der Waals surface area contributed by atoms with E-state index >= 15 is 0 Å². The SMILES string of the molecule is CCCC(=O)NC(CCCCNC1CCC1)C(N)=O. The molecule has 1 saturated carbocycles. The number of rotatable bonds is 10. The van der Waals surface area contributed by atoms with Gasteiger partial charge in [0.05, 0.1) is 0 Å². The number of carbonyl (C=O) groups excluding carboxylic acids is 2. The first-order chi connectivity index (χ1) is 9.13. The predicted molar refractivity (Wildman–Crippen MR) is 75.5 cm³/mol. The molecule has 0 aromatic carbocycles. The van der Waals surface area contributed by atoms with E-state index in [0.29, 0.717) is 18.9 Å². The van der Waals surface area contributed by atoms with Gasteiger partial charge >= 0.3 is 0 Å². The summed E-state index contributed by atoms with van der Waals surface area (Å²) in [4.78, 5) is 22.7. The van der Waals surface area contributed by atoms with Crippen LogP contribution < -0.4 is 16.4 Å².